The Morgan fingerprint density at radius 2 is 1.57 bits per heavy atom. The summed E-state index contributed by atoms with van der Waals surface area (Å²) in [6, 6.07) is 0. The monoisotopic (exact) mass is 312 g/mol. The molecule has 1 fully saturated rings. The first kappa shape index (κ1) is 18.0. The second kappa shape index (κ2) is 5.60. The highest BCUT2D eigenvalue weighted by Crippen LogP contribution is 2.41. The van der Waals surface area contributed by atoms with E-state index in [2.05, 4.69) is 4.74 Å². The van der Waals surface area contributed by atoms with Gasteiger partial charge in [-0.1, -0.05) is 0 Å². The van der Waals surface area contributed by atoms with Gasteiger partial charge in [-0.2, -0.15) is 13.2 Å². The topological polar surface area (TPSA) is 44.8 Å². The van der Waals surface area contributed by atoms with Gasteiger partial charge in [-0.15, -0.1) is 0 Å². The number of rotatable bonds is 3. The van der Waals surface area contributed by atoms with Crippen LogP contribution in [0, 0.1) is 0 Å². The molecule has 0 unspecified atom stereocenters. The third kappa shape index (κ3) is 3.57. The van der Waals surface area contributed by atoms with Crippen molar-refractivity contribution in [2.75, 3.05) is 6.61 Å². The molecule has 21 heavy (non-hydrogen) atoms. The second-order valence-corrected chi connectivity index (χ2v) is 5.53. The minimum Gasteiger partial charge on any atom is -0.462 e. The van der Waals surface area contributed by atoms with E-state index in [1.54, 1.807) is 27.7 Å². The third-order valence-corrected chi connectivity index (χ3v) is 3.46. The van der Waals surface area contributed by atoms with Crippen molar-refractivity contribution in [3.05, 3.63) is 11.3 Å². The molecule has 0 spiro atoms. The SMILES string of the molecule is CCOC(=O)C(=C(F)B1OC(C)(C)C(C)(C)O1)C(F)(F)F. The molecule has 0 radical (unpaired) electrons. The molecule has 1 aliphatic rings. The maximum Gasteiger partial charge on any atom is 0.526 e. The van der Waals surface area contributed by atoms with Crippen LogP contribution in [0.15, 0.2) is 11.3 Å². The average Bonchev–Trinajstić information content (AvgIpc) is 2.46. The molecule has 4 nitrogen and oxygen atoms in total. The minimum absolute atomic E-state index is 0.310. The highest BCUT2D eigenvalue weighted by atomic mass is 19.4. The van der Waals surface area contributed by atoms with Crippen molar-refractivity contribution >= 4 is 13.1 Å². The molecule has 0 bridgehead atoms. The van der Waals surface area contributed by atoms with E-state index in [-0.39, 0.29) is 6.61 Å². The summed E-state index contributed by atoms with van der Waals surface area (Å²) in [5, 5.41) is 0. The Morgan fingerprint density at radius 3 is 1.90 bits per heavy atom. The molecule has 120 valence electrons. The first-order valence-corrected chi connectivity index (χ1v) is 6.33. The van der Waals surface area contributed by atoms with Crippen LogP contribution in [0.1, 0.15) is 34.6 Å². The number of halogens is 4. The van der Waals surface area contributed by atoms with Crippen molar-refractivity contribution in [1.82, 2.24) is 0 Å². The van der Waals surface area contributed by atoms with Gasteiger partial charge in [0.15, 0.2) is 11.3 Å². The molecule has 0 aliphatic carbocycles. The van der Waals surface area contributed by atoms with Gasteiger partial charge >= 0.3 is 19.3 Å². The Labute approximate surface area is 120 Å². The molecule has 0 amide bonds. The lowest BCUT2D eigenvalue weighted by Gasteiger charge is -2.32. The van der Waals surface area contributed by atoms with E-state index in [4.69, 9.17) is 9.31 Å². The van der Waals surface area contributed by atoms with E-state index < -0.39 is 41.8 Å². The van der Waals surface area contributed by atoms with Gasteiger partial charge in [0.05, 0.1) is 17.8 Å². The van der Waals surface area contributed by atoms with Crippen LogP contribution in [-0.4, -0.2) is 37.1 Å². The molecule has 1 heterocycles. The van der Waals surface area contributed by atoms with Crippen molar-refractivity contribution in [2.45, 2.75) is 52.0 Å². The average molecular weight is 312 g/mol. The summed E-state index contributed by atoms with van der Waals surface area (Å²) in [5.41, 5.74) is -5.93. The molecule has 0 aromatic carbocycles. The van der Waals surface area contributed by atoms with Gasteiger partial charge in [0.1, 0.15) is 0 Å². The molecule has 0 aromatic rings. The highest BCUT2D eigenvalue weighted by molar-refractivity contribution is 6.54. The van der Waals surface area contributed by atoms with Gasteiger partial charge in [0.25, 0.3) is 0 Å². The summed E-state index contributed by atoms with van der Waals surface area (Å²) in [6.07, 6.45) is -5.21. The maximum atomic E-state index is 14.1. The van der Waals surface area contributed by atoms with Gasteiger partial charge < -0.3 is 14.0 Å². The lowest BCUT2D eigenvalue weighted by molar-refractivity contribution is -0.150. The smallest absolute Gasteiger partial charge is 0.462 e. The van der Waals surface area contributed by atoms with Gasteiger partial charge in [-0.25, -0.2) is 9.18 Å². The molecule has 1 rings (SSSR count). The maximum absolute atomic E-state index is 14.1. The zero-order chi connectivity index (χ0) is 16.6. The Hall–Kier alpha value is -1.09. The number of carbonyl (C=O) groups excluding carboxylic acids is 1. The fourth-order valence-electron chi connectivity index (χ4n) is 1.62. The number of ether oxygens (including phenoxy) is 1. The fourth-order valence-corrected chi connectivity index (χ4v) is 1.62. The normalized spacial score (nSPS) is 22.0. The van der Waals surface area contributed by atoms with Gasteiger partial charge in [0, 0.05) is 0 Å². The van der Waals surface area contributed by atoms with Crippen molar-refractivity contribution in [3.63, 3.8) is 0 Å². The highest BCUT2D eigenvalue weighted by Gasteiger charge is 2.56. The quantitative estimate of drug-likeness (QED) is 0.348. The zero-order valence-corrected chi connectivity index (χ0v) is 12.4. The molecule has 0 aromatic heterocycles. The molecular weight excluding hydrogens is 295 g/mol. The number of hydrogen-bond acceptors (Lipinski definition) is 4. The summed E-state index contributed by atoms with van der Waals surface area (Å²) >= 11 is 0. The number of esters is 1. The van der Waals surface area contributed by atoms with Gasteiger partial charge in [-0.05, 0) is 34.6 Å². The van der Waals surface area contributed by atoms with E-state index in [1.165, 1.54) is 6.92 Å². The summed E-state index contributed by atoms with van der Waals surface area (Å²) in [6.45, 7) is 7.22. The first-order valence-electron chi connectivity index (χ1n) is 6.33. The number of hydrogen-bond donors (Lipinski definition) is 0. The third-order valence-electron chi connectivity index (χ3n) is 3.46. The summed E-state index contributed by atoms with van der Waals surface area (Å²) in [7, 11) is -1.91. The van der Waals surface area contributed by atoms with E-state index >= 15 is 0 Å². The first-order chi connectivity index (χ1) is 9.33. The molecule has 0 N–H and O–H groups in total. The summed E-state index contributed by atoms with van der Waals surface area (Å²) in [5.74, 6) is -1.79. The van der Waals surface area contributed by atoms with E-state index in [1.807, 2.05) is 0 Å². The lowest BCUT2D eigenvalue weighted by Crippen LogP contribution is -2.41. The van der Waals surface area contributed by atoms with Crippen LogP contribution in [0.4, 0.5) is 17.6 Å². The van der Waals surface area contributed by atoms with Crippen molar-refractivity contribution in [3.8, 4) is 0 Å². The van der Waals surface area contributed by atoms with E-state index in [0.29, 0.717) is 0 Å². The number of carbonyl (C=O) groups is 1. The Morgan fingerprint density at radius 1 is 1.14 bits per heavy atom. The summed E-state index contributed by atoms with van der Waals surface area (Å²) in [4.78, 5) is 11.4. The molecule has 9 heteroatoms. The van der Waals surface area contributed by atoms with Gasteiger partial charge in [0.2, 0.25) is 0 Å². The standard InChI is InChI=1S/C12H17BF4O4/c1-6-19-9(18)7(12(15,16)17)8(14)13-20-10(2,3)11(4,5)21-13/h6H2,1-5H3. The Kier molecular flexibility index (Phi) is 4.79. The second-order valence-electron chi connectivity index (χ2n) is 5.53. The van der Waals surface area contributed by atoms with Crippen molar-refractivity contribution in [1.29, 1.82) is 0 Å². The molecular formula is C12H17BF4O4. The van der Waals surface area contributed by atoms with Crippen molar-refractivity contribution in [2.24, 2.45) is 0 Å². The molecule has 1 aliphatic heterocycles. The molecule has 0 atom stereocenters. The molecule has 1 saturated heterocycles. The summed E-state index contributed by atoms with van der Waals surface area (Å²) < 4.78 is 67.3. The lowest BCUT2D eigenvalue weighted by atomic mass is 9.84. The van der Waals surface area contributed by atoms with Crippen molar-refractivity contribution < 1.29 is 36.4 Å². The predicted octanol–water partition coefficient (Wildman–Crippen LogP) is 2.97. The van der Waals surface area contributed by atoms with Crippen LogP contribution in [-0.2, 0) is 18.8 Å². The van der Waals surface area contributed by atoms with E-state index in [0.717, 1.165) is 0 Å². The minimum atomic E-state index is -5.21. The fraction of sp³-hybridized carbons (Fsp3) is 0.750. The van der Waals surface area contributed by atoms with Crippen LogP contribution >= 0.6 is 0 Å². The van der Waals surface area contributed by atoms with Crippen LogP contribution in [0.2, 0.25) is 0 Å². The van der Waals surface area contributed by atoms with Crippen LogP contribution < -0.4 is 0 Å². The van der Waals surface area contributed by atoms with Crippen LogP contribution in [0.25, 0.3) is 0 Å². The van der Waals surface area contributed by atoms with Crippen LogP contribution in [0.3, 0.4) is 0 Å². The van der Waals surface area contributed by atoms with E-state index in [9.17, 15) is 22.4 Å². The van der Waals surface area contributed by atoms with Crippen LogP contribution in [0.5, 0.6) is 0 Å². The molecule has 0 saturated carbocycles. The Bertz CT molecular complexity index is 441. The number of alkyl halides is 3. The zero-order valence-electron chi connectivity index (χ0n) is 12.4. The predicted molar refractivity (Wildman–Crippen MR) is 66.9 cm³/mol. The van der Waals surface area contributed by atoms with Gasteiger partial charge in [-0.3, -0.25) is 0 Å². The Balaban J connectivity index is 3.22. The largest absolute Gasteiger partial charge is 0.526 e.